The Labute approximate surface area is 120 Å². The van der Waals surface area contributed by atoms with E-state index in [9.17, 15) is 18.5 Å². The number of sulfone groups is 1. The molecule has 2 heterocycles. The lowest BCUT2D eigenvalue weighted by atomic mass is 10.1. The first kappa shape index (κ1) is 13.5. The van der Waals surface area contributed by atoms with E-state index in [2.05, 4.69) is 10.3 Å². The van der Waals surface area contributed by atoms with Gasteiger partial charge < -0.3 is 5.32 Å². The zero-order valence-corrected chi connectivity index (χ0v) is 11.6. The van der Waals surface area contributed by atoms with Crippen molar-refractivity contribution < 1.29 is 13.3 Å². The van der Waals surface area contributed by atoms with Gasteiger partial charge in [-0.3, -0.25) is 15.1 Å². The van der Waals surface area contributed by atoms with Crippen LogP contribution in [0, 0.1) is 10.1 Å². The van der Waals surface area contributed by atoms with Crippen molar-refractivity contribution in [3.8, 4) is 0 Å². The van der Waals surface area contributed by atoms with Crippen LogP contribution in [0.25, 0.3) is 10.9 Å². The molecule has 1 aliphatic rings. The summed E-state index contributed by atoms with van der Waals surface area (Å²) in [6.45, 7) is 0. The minimum Gasteiger partial charge on any atom is -0.376 e. The number of nitro groups is 1. The van der Waals surface area contributed by atoms with Crippen molar-refractivity contribution >= 4 is 32.1 Å². The van der Waals surface area contributed by atoms with Crippen LogP contribution in [-0.4, -0.2) is 30.1 Å². The second kappa shape index (κ2) is 4.81. The molecule has 1 atom stereocenters. The summed E-state index contributed by atoms with van der Waals surface area (Å²) in [4.78, 5) is 14.7. The van der Waals surface area contributed by atoms with Crippen LogP contribution in [0.3, 0.4) is 0 Å². The van der Waals surface area contributed by atoms with E-state index in [1.165, 1.54) is 11.5 Å². The van der Waals surface area contributed by atoms with Crippen LogP contribution in [0.4, 0.5) is 11.4 Å². The van der Waals surface area contributed by atoms with E-state index < -0.39 is 14.8 Å². The van der Waals surface area contributed by atoms with Crippen molar-refractivity contribution in [1.82, 2.24) is 4.98 Å². The molecule has 0 saturated carbocycles. The van der Waals surface area contributed by atoms with Crippen LogP contribution >= 0.6 is 0 Å². The van der Waals surface area contributed by atoms with Crippen molar-refractivity contribution in [2.24, 2.45) is 0 Å². The lowest BCUT2D eigenvalue weighted by molar-refractivity contribution is -0.383. The van der Waals surface area contributed by atoms with Gasteiger partial charge in [-0.25, -0.2) is 8.42 Å². The van der Waals surface area contributed by atoms with Gasteiger partial charge in [-0.1, -0.05) is 6.08 Å². The fourth-order valence-corrected chi connectivity index (χ4v) is 3.53. The molecular formula is C13H11N3O4S. The first-order chi connectivity index (χ1) is 9.96. The van der Waals surface area contributed by atoms with Crippen molar-refractivity contribution in [3.05, 3.63) is 52.1 Å². The quantitative estimate of drug-likeness (QED) is 0.686. The van der Waals surface area contributed by atoms with Gasteiger partial charge in [-0.2, -0.15) is 0 Å². The van der Waals surface area contributed by atoms with Gasteiger partial charge in [-0.15, -0.1) is 0 Å². The van der Waals surface area contributed by atoms with Crippen LogP contribution in [0.2, 0.25) is 0 Å². The molecule has 7 nitrogen and oxygen atoms in total. The van der Waals surface area contributed by atoms with E-state index in [0.717, 1.165) is 0 Å². The largest absolute Gasteiger partial charge is 0.376 e. The Hall–Kier alpha value is -2.48. The van der Waals surface area contributed by atoms with E-state index in [1.54, 1.807) is 30.5 Å². The molecule has 1 aliphatic heterocycles. The van der Waals surface area contributed by atoms with E-state index in [4.69, 9.17) is 0 Å². The molecule has 0 bridgehead atoms. The smallest absolute Gasteiger partial charge is 0.278 e. The number of anilines is 1. The monoisotopic (exact) mass is 305 g/mol. The number of nitrogens with zero attached hydrogens (tertiary/aromatic N) is 2. The highest BCUT2D eigenvalue weighted by molar-refractivity contribution is 7.94. The molecule has 3 rings (SSSR count). The summed E-state index contributed by atoms with van der Waals surface area (Å²) in [5.74, 6) is -0.0294. The lowest BCUT2D eigenvalue weighted by Crippen LogP contribution is -2.21. The zero-order chi connectivity index (χ0) is 15.0. The minimum absolute atomic E-state index is 0.0294. The van der Waals surface area contributed by atoms with Gasteiger partial charge in [0.15, 0.2) is 9.84 Å². The second-order valence-electron chi connectivity index (χ2n) is 4.70. The minimum atomic E-state index is -3.16. The van der Waals surface area contributed by atoms with Crippen molar-refractivity contribution in [2.45, 2.75) is 6.04 Å². The molecule has 0 amide bonds. The average molecular weight is 305 g/mol. The molecule has 1 aromatic carbocycles. The fraction of sp³-hybridized carbons (Fsp3) is 0.154. The molecule has 8 heteroatoms. The van der Waals surface area contributed by atoms with Gasteiger partial charge >= 0.3 is 0 Å². The number of nitrogens with one attached hydrogen (secondary N) is 1. The van der Waals surface area contributed by atoms with E-state index in [0.29, 0.717) is 16.6 Å². The van der Waals surface area contributed by atoms with Gasteiger partial charge in [0.1, 0.15) is 5.52 Å². The molecule has 0 fully saturated rings. The number of pyridine rings is 1. The summed E-state index contributed by atoms with van der Waals surface area (Å²) in [6, 6.07) is 5.82. The Morgan fingerprint density at radius 1 is 1.33 bits per heavy atom. The number of benzene rings is 1. The summed E-state index contributed by atoms with van der Waals surface area (Å²) in [6.07, 6.45) is 3.10. The maximum Gasteiger partial charge on any atom is 0.278 e. The zero-order valence-electron chi connectivity index (χ0n) is 10.8. The van der Waals surface area contributed by atoms with Crippen LogP contribution in [-0.2, 0) is 9.84 Å². The maximum atomic E-state index is 11.4. The molecule has 108 valence electrons. The maximum absolute atomic E-state index is 11.4. The summed E-state index contributed by atoms with van der Waals surface area (Å²) >= 11 is 0. The number of rotatable bonds is 3. The lowest BCUT2D eigenvalue weighted by Gasteiger charge is -2.13. The number of aromatic nitrogens is 1. The SMILES string of the molecule is O=[N+]([O-])c1ccc(NC2C=CS(=O)(=O)C2)c2ncccc12. The fourth-order valence-electron chi connectivity index (χ4n) is 2.30. The highest BCUT2D eigenvalue weighted by atomic mass is 32.2. The van der Waals surface area contributed by atoms with Crippen LogP contribution in [0.15, 0.2) is 41.9 Å². The number of hydrogen-bond acceptors (Lipinski definition) is 6. The molecule has 0 radical (unpaired) electrons. The molecule has 2 aromatic rings. The summed E-state index contributed by atoms with van der Waals surface area (Å²) in [5.41, 5.74) is 0.991. The summed E-state index contributed by atoms with van der Waals surface area (Å²) < 4.78 is 22.8. The predicted octanol–water partition coefficient (Wildman–Crippen LogP) is 1.87. The van der Waals surface area contributed by atoms with Gasteiger partial charge in [0, 0.05) is 17.7 Å². The third kappa shape index (κ3) is 2.57. The van der Waals surface area contributed by atoms with Gasteiger partial charge in [0.25, 0.3) is 5.69 Å². The summed E-state index contributed by atoms with van der Waals surface area (Å²) in [7, 11) is -3.16. The van der Waals surface area contributed by atoms with Gasteiger partial charge in [0.05, 0.1) is 27.8 Å². The Morgan fingerprint density at radius 3 is 2.81 bits per heavy atom. The Morgan fingerprint density at radius 2 is 2.14 bits per heavy atom. The highest BCUT2D eigenvalue weighted by Crippen LogP contribution is 2.30. The summed E-state index contributed by atoms with van der Waals surface area (Å²) in [5, 5.41) is 15.7. The van der Waals surface area contributed by atoms with Crippen molar-refractivity contribution in [2.75, 3.05) is 11.1 Å². The molecular weight excluding hydrogens is 294 g/mol. The number of hydrogen-bond donors (Lipinski definition) is 1. The Kier molecular flexibility index (Phi) is 3.09. The van der Waals surface area contributed by atoms with Crippen molar-refractivity contribution in [3.63, 3.8) is 0 Å². The second-order valence-corrected chi connectivity index (χ2v) is 6.63. The van der Waals surface area contributed by atoms with Crippen molar-refractivity contribution in [1.29, 1.82) is 0 Å². The van der Waals surface area contributed by atoms with E-state index >= 15 is 0 Å². The van der Waals surface area contributed by atoms with E-state index in [-0.39, 0.29) is 17.5 Å². The third-order valence-electron chi connectivity index (χ3n) is 3.21. The number of fused-ring (bicyclic) bond motifs is 1. The topological polar surface area (TPSA) is 102 Å². The van der Waals surface area contributed by atoms with Crippen LogP contribution in [0.1, 0.15) is 0 Å². The standard InChI is InChI=1S/C13H11N3O4S/c17-16(18)12-4-3-11(13-10(12)2-1-6-14-13)15-9-5-7-21(19,20)8-9/h1-7,9,15H,8H2. The molecule has 0 saturated heterocycles. The molecule has 1 aromatic heterocycles. The van der Waals surface area contributed by atoms with Crippen LogP contribution < -0.4 is 5.32 Å². The number of non-ortho nitro benzene ring substituents is 1. The van der Waals surface area contributed by atoms with Gasteiger partial charge in [0.2, 0.25) is 0 Å². The first-order valence-electron chi connectivity index (χ1n) is 6.16. The Balaban J connectivity index is 2.03. The molecule has 0 aliphatic carbocycles. The van der Waals surface area contributed by atoms with Gasteiger partial charge in [-0.05, 0) is 18.2 Å². The number of nitro benzene ring substituents is 1. The normalized spacial score (nSPS) is 19.7. The molecule has 1 N–H and O–H groups in total. The third-order valence-corrected chi connectivity index (χ3v) is 4.61. The predicted molar refractivity (Wildman–Crippen MR) is 78.7 cm³/mol. The first-order valence-corrected chi connectivity index (χ1v) is 7.87. The molecule has 21 heavy (non-hydrogen) atoms. The van der Waals surface area contributed by atoms with Crippen LogP contribution in [0.5, 0.6) is 0 Å². The molecule has 1 unspecified atom stereocenters. The van der Waals surface area contributed by atoms with E-state index in [1.807, 2.05) is 0 Å². The average Bonchev–Trinajstić information content (AvgIpc) is 2.78. The Bertz CT molecular complexity index is 861. The molecule has 0 spiro atoms. The highest BCUT2D eigenvalue weighted by Gasteiger charge is 2.23.